The largest absolute Gasteiger partial charge is 0.488 e. The maximum absolute atomic E-state index is 13.0. The van der Waals surface area contributed by atoms with Gasteiger partial charge in [0.15, 0.2) is 0 Å². The van der Waals surface area contributed by atoms with E-state index in [-0.39, 0.29) is 17.7 Å². The summed E-state index contributed by atoms with van der Waals surface area (Å²) in [6.45, 7) is 1.52. The first kappa shape index (κ1) is 20.2. The summed E-state index contributed by atoms with van der Waals surface area (Å²) in [6.07, 6.45) is 1.38. The molecule has 6 heteroatoms. The zero-order chi connectivity index (χ0) is 20.1. The van der Waals surface area contributed by atoms with Crippen molar-refractivity contribution < 1.29 is 14.3 Å². The number of benzene rings is 2. The molecule has 1 saturated heterocycles. The fourth-order valence-corrected chi connectivity index (χ4v) is 3.50. The van der Waals surface area contributed by atoms with E-state index in [4.69, 9.17) is 16.3 Å². The molecule has 2 aromatic rings. The van der Waals surface area contributed by atoms with Crippen LogP contribution in [0.5, 0.6) is 5.75 Å². The normalized spacial score (nSPS) is 14.6. The van der Waals surface area contributed by atoms with Gasteiger partial charge in [-0.1, -0.05) is 35.9 Å². The number of piperidine rings is 1. The predicted molar refractivity (Wildman–Crippen MR) is 110 cm³/mol. The highest BCUT2D eigenvalue weighted by Crippen LogP contribution is 2.25. The molecule has 1 aliphatic heterocycles. The molecule has 2 aromatic carbocycles. The maximum Gasteiger partial charge on any atom is 0.257 e. The standard InChI is InChI=1S/C22H25ClN2O3/c1-24(2)21(26)17-11-13-25(14-12-17)22(27)19-5-3-4-6-20(19)28-15-16-7-9-18(23)10-8-16/h3-10,17H,11-15H2,1-2H3. The molecule has 1 heterocycles. The monoisotopic (exact) mass is 400 g/mol. The highest BCUT2D eigenvalue weighted by molar-refractivity contribution is 6.30. The molecule has 0 N–H and O–H groups in total. The van der Waals surface area contributed by atoms with Crippen LogP contribution in [0, 0.1) is 5.92 Å². The van der Waals surface area contributed by atoms with E-state index in [0.29, 0.717) is 48.9 Å². The lowest BCUT2D eigenvalue weighted by Gasteiger charge is -2.32. The molecule has 2 amide bonds. The van der Waals surface area contributed by atoms with E-state index in [1.165, 1.54) is 0 Å². The molecule has 0 radical (unpaired) electrons. The fraction of sp³-hybridized carbons (Fsp3) is 0.364. The second-order valence-corrected chi connectivity index (χ2v) is 7.65. The number of amides is 2. The third-order valence-electron chi connectivity index (χ3n) is 5.00. The summed E-state index contributed by atoms with van der Waals surface area (Å²) in [5, 5.41) is 0.676. The van der Waals surface area contributed by atoms with Crippen LogP contribution in [0.1, 0.15) is 28.8 Å². The second-order valence-electron chi connectivity index (χ2n) is 7.21. The van der Waals surface area contributed by atoms with E-state index in [1.54, 1.807) is 25.1 Å². The number of ether oxygens (including phenoxy) is 1. The van der Waals surface area contributed by atoms with Crippen LogP contribution in [0.25, 0.3) is 0 Å². The summed E-state index contributed by atoms with van der Waals surface area (Å²) in [6, 6.07) is 14.7. The van der Waals surface area contributed by atoms with Crippen LogP contribution in [0.4, 0.5) is 0 Å². The van der Waals surface area contributed by atoms with Crippen LogP contribution in [-0.4, -0.2) is 48.8 Å². The molecule has 1 fully saturated rings. The number of rotatable bonds is 5. The number of carbonyl (C=O) groups excluding carboxylic acids is 2. The van der Waals surface area contributed by atoms with Crippen LogP contribution in [0.2, 0.25) is 5.02 Å². The molecule has 0 aromatic heterocycles. The number of likely N-dealkylation sites (tertiary alicyclic amines) is 1. The Morgan fingerprint density at radius 2 is 1.71 bits per heavy atom. The van der Waals surface area contributed by atoms with Gasteiger partial charge < -0.3 is 14.5 Å². The number of hydrogen-bond acceptors (Lipinski definition) is 3. The molecule has 3 rings (SSSR count). The predicted octanol–water partition coefficient (Wildman–Crippen LogP) is 3.86. The van der Waals surface area contributed by atoms with Gasteiger partial charge in [-0.05, 0) is 42.7 Å². The molecular formula is C22H25ClN2O3. The molecule has 1 aliphatic rings. The van der Waals surface area contributed by atoms with E-state index in [2.05, 4.69) is 0 Å². The Morgan fingerprint density at radius 3 is 2.36 bits per heavy atom. The highest BCUT2D eigenvalue weighted by atomic mass is 35.5. The van der Waals surface area contributed by atoms with Gasteiger partial charge in [-0.25, -0.2) is 0 Å². The molecule has 0 bridgehead atoms. The summed E-state index contributed by atoms with van der Waals surface area (Å²) in [5.74, 6) is 0.644. The molecule has 0 spiro atoms. The second kappa shape index (κ2) is 9.11. The molecule has 148 valence electrons. The van der Waals surface area contributed by atoms with Crippen molar-refractivity contribution >= 4 is 23.4 Å². The van der Waals surface area contributed by atoms with E-state index >= 15 is 0 Å². The van der Waals surface area contributed by atoms with Crippen molar-refractivity contribution in [2.45, 2.75) is 19.4 Å². The van der Waals surface area contributed by atoms with Crippen molar-refractivity contribution in [1.82, 2.24) is 9.80 Å². The Kier molecular flexibility index (Phi) is 6.57. The van der Waals surface area contributed by atoms with Gasteiger partial charge in [0.1, 0.15) is 12.4 Å². The van der Waals surface area contributed by atoms with Crippen LogP contribution in [0.3, 0.4) is 0 Å². The van der Waals surface area contributed by atoms with Crippen molar-refractivity contribution in [2.24, 2.45) is 5.92 Å². The van der Waals surface area contributed by atoms with Crippen LogP contribution >= 0.6 is 11.6 Å². The minimum absolute atomic E-state index is 0.00421. The van der Waals surface area contributed by atoms with Crippen molar-refractivity contribution in [3.05, 3.63) is 64.7 Å². The molecule has 0 atom stereocenters. The summed E-state index contributed by atoms with van der Waals surface area (Å²) in [5.41, 5.74) is 1.53. The van der Waals surface area contributed by atoms with E-state index in [0.717, 1.165) is 5.56 Å². The van der Waals surface area contributed by atoms with Gasteiger partial charge in [0, 0.05) is 38.1 Å². The topological polar surface area (TPSA) is 49.9 Å². The number of hydrogen-bond donors (Lipinski definition) is 0. The van der Waals surface area contributed by atoms with Crippen LogP contribution < -0.4 is 4.74 Å². The Hall–Kier alpha value is -2.53. The lowest BCUT2D eigenvalue weighted by Crippen LogP contribution is -2.42. The molecule has 0 unspecified atom stereocenters. The number of halogens is 1. The van der Waals surface area contributed by atoms with Crippen LogP contribution in [-0.2, 0) is 11.4 Å². The average molecular weight is 401 g/mol. The minimum atomic E-state index is -0.0533. The lowest BCUT2D eigenvalue weighted by molar-refractivity contribution is -0.134. The highest BCUT2D eigenvalue weighted by Gasteiger charge is 2.29. The number of carbonyl (C=O) groups is 2. The first-order valence-electron chi connectivity index (χ1n) is 9.42. The average Bonchev–Trinajstić information content (AvgIpc) is 2.72. The maximum atomic E-state index is 13.0. The van der Waals surface area contributed by atoms with Gasteiger partial charge in [-0.2, -0.15) is 0 Å². The summed E-state index contributed by atoms with van der Waals surface area (Å²) < 4.78 is 5.91. The fourth-order valence-electron chi connectivity index (χ4n) is 3.38. The molecule has 5 nitrogen and oxygen atoms in total. The van der Waals surface area contributed by atoms with Crippen LogP contribution in [0.15, 0.2) is 48.5 Å². The lowest BCUT2D eigenvalue weighted by atomic mass is 9.95. The zero-order valence-corrected chi connectivity index (χ0v) is 17.0. The van der Waals surface area contributed by atoms with Gasteiger partial charge in [-0.15, -0.1) is 0 Å². The quantitative estimate of drug-likeness (QED) is 0.765. The Labute approximate surface area is 170 Å². The van der Waals surface area contributed by atoms with Gasteiger partial charge in [0.05, 0.1) is 5.56 Å². The Bertz CT molecular complexity index is 828. The summed E-state index contributed by atoms with van der Waals surface area (Å²) in [7, 11) is 3.54. The van der Waals surface area contributed by atoms with Crippen molar-refractivity contribution in [1.29, 1.82) is 0 Å². The Morgan fingerprint density at radius 1 is 1.07 bits per heavy atom. The third kappa shape index (κ3) is 4.84. The molecular weight excluding hydrogens is 376 g/mol. The molecule has 0 aliphatic carbocycles. The van der Waals surface area contributed by atoms with Crippen molar-refractivity contribution in [2.75, 3.05) is 27.2 Å². The number of para-hydroxylation sites is 1. The van der Waals surface area contributed by atoms with E-state index in [9.17, 15) is 9.59 Å². The van der Waals surface area contributed by atoms with Gasteiger partial charge >= 0.3 is 0 Å². The zero-order valence-electron chi connectivity index (χ0n) is 16.2. The van der Waals surface area contributed by atoms with Gasteiger partial charge in [0.25, 0.3) is 5.91 Å². The van der Waals surface area contributed by atoms with E-state index in [1.807, 2.05) is 47.4 Å². The van der Waals surface area contributed by atoms with E-state index < -0.39 is 0 Å². The number of nitrogens with zero attached hydrogens (tertiary/aromatic N) is 2. The first-order chi connectivity index (χ1) is 13.5. The van der Waals surface area contributed by atoms with Gasteiger partial charge in [-0.3, -0.25) is 9.59 Å². The summed E-state index contributed by atoms with van der Waals surface area (Å²) >= 11 is 5.91. The van der Waals surface area contributed by atoms with Crippen molar-refractivity contribution in [3.63, 3.8) is 0 Å². The first-order valence-corrected chi connectivity index (χ1v) is 9.80. The SMILES string of the molecule is CN(C)C(=O)C1CCN(C(=O)c2ccccc2OCc2ccc(Cl)cc2)CC1. The molecule has 0 saturated carbocycles. The Balaban J connectivity index is 1.64. The minimum Gasteiger partial charge on any atom is -0.488 e. The summed E-state index contributed by atoms with van der Waals surface area (Å²) in [4.78, 5) is 28.6. The van der Waals surface area contributed by atoms with Gasteiger partial charge in [0.2, 0.25) is 5.91 Å². The third-order valence-corrected chi connectivity index (χ3v) is 5.25. The van der Waals surface area contributed by atoms with Crippen molar-refractivity contribution in [3.8, 4) is 5.75 Å². The smallest absolute Gasteiger partial charge is 0.257 e. The molecule has 28 heavy (non-hydrogen) atoms.